The first-order chi connectivity index (χ1) is 18.8. The van der Waals surface area contributed by atoms with Crippen LogP contribution in [0.2, 0.25) is 5.02 Å². The van der Waals surface area contributed by atoms with Gasteiger partial charge in [-0.05, 0) is 44.0 Å². The quantitative estimate of drug-likeness (QED) is 0.218. The molecule has 0 bridgehead atoms. The molecule has 39 heavy (non-hydrogen) atoms. The lowest BCUT2D eigenvalue weighted by atomic mass is 10.2. The predicted octanol–water partition coefficient (Wildman–Crippen LogP) is 5.42. The number of methoxy groups -OCH3 is 1. The molecule has 1 aliphatic rings. The van der Waals surface area contributed by atoms with Gasteiger partial charge in [-0.1, -0.05) is 30.7 Å². The van der Waals surface area contributed by atoms with E-state index < -0.39 is 7.14 Å². The van der Waals surface area contributed by atoms with E-state index in [9.17, 15) is 4.57 Å². The highest BCUT2D eigenvalue weighted by molar-refractivity contribution is 7.70. The summed E-state index contributed by atoms with van der Waals surface area (Å²) in [5.41, 5.74) is 2.56. The number of rotatable bonds is 12. The Morgan fingerprint density at radius 2 is 1.79 bits per heavy atom. The number of nitrogens with one attached hydrogen (secondary N) is 2. The van der Waals surface area contributed by atoms with E-state index >= 15 is 0 Å². The second-order valence-electron chi connectivity index (χ2n) is 9.83. The fourth-order valence-electron chi connectivity index (χ4n) is 4.46. The van der Waals surface area contributed by atoms with Gasteiger partial charge in [-0.15, -0.1) is 0 Å². The second-order valence-corrected chi connectivity index (χ2v) is 13.4. The first-order valence-corrected chi connectivity index (χ1v) is 16.2. The molecule has 1 aromatic heterocycles. The van der Waals surface area contributed by atoms with Crippen molar-refractivity contribution in [2.45, 2.75) is 13.3 Å². The molecule has 0 aliphatic carbocycles. The van der Waals surface area contributed by atoms with Crippen molar-refractivity contribution < 1.29 is 14.0 Å². The molecular formula is C28H38ClN6O3P. The van der Waals surface area contributed by atoms with E-state index in [0.717, 1.165) is 69.0 Å². The molecular weight excluding hydrogens is 535 g/mol. The summed E-state index contributed by atoms with van der Waals surface area (Å²) in [6, 6.07) is 13.6. The maximum Gasteiger partial charge on any atom is 0.229 e. The van der Waals surface area contributed by atoms with Gasteiger partial charge in [-0.25, -0.2) is 4.98 Å². The molecule has 0 spiro atoms. The van der Waals surface area contributed by atoms with Crippen molar-refractivity contribution in [3.05, 3.63) is 53.7 Å². The highest BCUT2D eigenvalue weighted by Gasteiger charge is 2.20. The van der Waals surface area contributed by atoms with Crippen molar-refractivity contribution in [1.29, 1.82) is 0 Å². The van der Waals surface area contributed by atoms with Crippen LogP contribution in [0.15, 0.2) is 48.7 Å². The van der Waals surface area contributed by atoms with Gasteiger partial charge >= 0.3 is 0 Å². The highest BCUT2D eigenvalue weighted by atomic mass is 35.5. The van der Waals surface area contributed by atoms with Gasteiger partial charge < -0.3 is 29.6 Å². The fraction of sp³-hybridized carbons (Fsp3) is 0.429. The molecule has 1 saturated heterocycles. The molecule has 1 fully saturated rings. The molecule has 0 atom stereocenters. The SMILES string of the molecule is CCCOCCN1CCN(c2ccc(Nc3ncc(Cl)c(Nc4ccccc4P(C)(C)=O)n3)c(OC)c2)CC1. The monoisotopic (exact) mass is 572 g/mol. The lowest BCUT2D eigenvalue weighted by Crippen LogP contribution is -2.47. The van der Waals surface area contributed by atoms with E-state index in [1.807, 2.05) is 36.4 Å². The maximum absolute atomic E-state index is 12.8. The Balaban J connectivity index is 1.44. The minimum Gasteiger partial charge on any atom is -0.494 e. The van der Waals surface area contributed by atoms with Crippen molar-refractivity contribution in [3.8, 4) is 5.75 Å². The molecule has 0 radical (unpaired) electrons. The molecule has 1 aliphatic heterocycles. The van der Waals surface area contributed by atoms with E-state index in [0.29, 0.717) is 28.2 Å². The molecule has 2 heterocycles. The van der Waals surface area contributed by atoms with Gasteiger partial charge in [0.2, 0.25) is 5.95 Å². The number of nitrogens with zero attached hydrogens (tertiary/aromatic N) is 4. The zero-order valence-corrected chi connectivity index (χ0v) is 24.8. The van der Waals surface area contributed by atoms with Crippen molar-refractivity contribution in [2.75, 3.05) is 81.9 Å². The van der Waals surface area contributed by atoms with Crippen LogP contribution >= 0.6 is 18.7 Å². The molecule has 2 N–H and O–H groups in total. The van der Waals surface area contributed by atoms with Gasteiger partial charge in [0.25, 0.3) is 0 Å². The number of hydrogen-bond donors (Lipinski definition) is 2. The van der Waals surface area contributed by atoms with Gasteiger partial charge in [0.05, 0.1) is 31.3 Å². The van der Waals surface area contributed by atoms with E-state index in [1.54, 1.807) is 20.4 Å². The molecule has 0 saturated carbocycles. The second kappa shape index (κ2) is 13.5. The Morgan fingerprint density at radius 1 is 1.03 bits per heavy atom. The molecule has 2 aromatic carbocycles. The third-order valence-electron chi connectivity index (χ3n) is 6.55. The number of aromatic nitrogens is 2. The summed E-state index contributed by atoms with van der Waals surface area (Å²) >= 11 is 6.41. The Hall–Kier alpha value is -2.84. The normalized spacial score (nSPS) is 14.3. The zero-order valence-electron chi connectivity index (χ0n) is 23.1. The van der Waals surface area contributed by atoms with Crippen LogP contribution in [0.5, 0.6) is 5.75 Å². The molecule has 4 rings (SSSR count). The van der Waals surface area contributed by atoms with E-state index in [1.165, 1.54) is 6.20 Å². The number of para-hydroxylation sites is 1. The Bertz CT molecular complexity index is 1300. The van der Waals surface area contributed by atoms with Crippen LogP contribution in [-0.2, 0) is 9.30 Å². The number of piperazine rings is 1. The number of hydrogen-bond acceptors (Lipinski definition) is 9. The lowest BCUT2D eigenvalue weighted by molar-refractivity contribution is 0.102. The largest absolute Gasteiger partial charge is 0.494 e. The van der Waals surface area contributed by atoms with Gasteiger partial charge in [-0.2, -0.15) is 4.98 Å². The van der Waals surface area contributed by atoms with Crippen LogP contribution in [0, 0.1) is 0 Å². The summed E-state index contributed by atoms with van der Waals surface area (Å²) in [6.45, 7) is 12.1. The molecule has 11 heteroatoms. The van der Waals surface area contributed by atoms with Crippen LogP contribution in [-0.4, -0.2) is 81.2 Å². The zero-order chi connectivity index (χ0) is 27.8. The minimum atomic E-state index is -2.51. The van der Waals surface area contributed by atoms with E-state index in [2.05, 4.69) is 43.4 Å². The van der Waals surface area contributed by atoms with E-state index in [-0.39, 0.29) is 0 Å². The third-order valence-corrected chi connectivity index (χ3v) is 8.38. The average Bonchev–Trinajstić information content (AvgIpc) is 2.93. The fourth-order valence-corrected chi connectivity index (χ4v) is 5.76. The summed E-state index contributed by atoms with van der Waals surface area (Å²) in [7, 11) is -0.855. The Kier molecular flexibility index (Phi) is 10.1. The first-order valence-electron chi connectivity index (χ1n) is 13.2. The number of anilines is 5. The number of ether oxygens (including phenoxy) is 2. The van der Waals surface area contributed by atoms with Crippen molar-refractivity contribution >= 4 is 52.9 Å². The van der Waals surface area contributed by atoms with E-state index in [4.69, 9.17) is 21.1 Å². The molecule has 210 valence electrons. The summed E-state index contributed by atoms with van der Waals surface area (Å²) in [4.78, 5) is 13.7. The molecule has 0 unspecified atom stereocenters. The summed E-state index contributed by atoms with van der Waals surface area (Å²) < 4.78 is 24.1. The first kappa shape index (κ1) is 29.2. The Labute approximate surface area is 236 Å². The molecule has 3 aromatic rings. The summed E-state index contributed by atoms with van der Waals surface area (Å²) in [5, 5.41) is 7.57. The standard InChI is InChI=1S/C28H38ClN6O3P/c1-5-17-38-18-16-34-12-14-35(15-13-34)21-10-11-23(25(19-21)37-2)32-28-30-20-22(29)27(33-28)31-24-8-6-7-9-26(24)39(3,4)36/h6-11,19-20H,5,12-18H2,1-4H3,(H2,30,31,32,33). The number of benzene rings is 2. The summed E-state index contributed by atoms with van der Waals surface area (Å²) in [5.74, 6) is 1.48. The van der Waals surface area contributed by atoms with Crippen molar-refractivity contribution in [1.82, 2.24) is 14.9 Å². The topological polar surface area (TPSA) is 91.9 Å². The smallest absolute Gasteiger partial charge is 0.229 e. The Morgan fingerprint density at radius 3 is 2.51 bits per heavy atom. The molecule has 9 nitrogen and oxygen atoms in total. The van der Waals surface area contributed by atoms with Crippen LogP contribution < -0.4 is 25.6 Å². The van der Waals surface area contributed by atoms with Gasteiger partial charge in [0, 0.05) is 56.4 Å². The van der Waals surface area contributed by atoms with Gasteiger partial charge in [0.15, 0.2) is 5.82 Å². The van der Waals surface area contributed by atoms with Crippen molar-refractivity contribution in [2.24, 2.45) is 0 Å². The predicted molar refractivity (Wildman–Crippen MR) is 162 cm³/mol. The van der Waals surface area contributed by atoms with Crippen LogP contribution in [0.4, 0.5) is 28.8 Å². The highest BCUT2D eigenvalue weighted by Crippen LogP contribution is 2.39. The van der Waals surface area contributed by atoms with Crippen LogP contribution in [0.3, 0.4) is 0 Å². The summed E-state index contributed by atoms with van der Waals surface area (Å²) in [6.07, 6.45) is 2.59. The van der Waals surface area contributed by atoms with Crippen LogP contribution in [0.1, 0.15) is 13.3 Å². The van der Waals surface area contributed by atoms with Crippen molar-refractivity contribution in [3.63, 3.8) is 0 Å². The minimum absolute atomic E-state index is 0.357. The third kappa shape index (κ3) is 7.85. The molecule has 0 amide bonds. The van der Waals surface area contributed by atoms with Gasteiger partial charge in [0.1, 0.15) is 17.9 Å². The maximum atomic E-state index is 12.8. The van der Waals surface area contributed by atoms with Gasteiger partial charge in [-0.3, -0.25) is 4.90 Å². The number of halogens is 1. The lowest BCUT2D eigenvalue weighted by Gasteiger charge is -2.36. The van der Waals surface area contributed by atoms with Crippen LogP contribution in [0.25, 0.3) is 0 Å². The average molecular weight is 573 g/mol.